The fourth-order valence-electron chi connectivity index (χ4n) is 9.23. The maximum absolute atomic E-state index is 14.6. The van der Waals surface area contributed by atoms with Gasteiger partial charge in [-0.05, 0) is 78.7 Å². The molecule has 3 aliphatic rings. The third-order valence-corrected chi connectivity index (χ3v) is 12.6. The Morgan fingerprint density at radius 2 is 1.78 bits per heavy atom. The first kappa shape index (κ1) is 46.1. The number of hydrogen-bond acceptors (Lipinski definition) is 13. The monoisotopic (exact) mass is 823 g/mol. The van der Waals surface area contributed by atoms with E-state index in [0.717, 1.165) is 16.5 Å². The summed E-state index contributed by atoms with van der Waals surface area (Å²) in [5.41, 5.74) is -0.970. The van der Waals surface area contributed by atoms with E-state index in [4.69, 9.17) is 28.4 Å². The van der Waals surface area contributed by atoms with Crippen LogP contribution in [0.2, 0.25) is 0 Å². The predicted octanol–water partition coefficient (Wildman–Crippen LogP) is 5.86. The summed E-state index contributed by atoms with van der Waals surface area (Å²) in [5, 5.41) is 16.0. The summed E-state index contributed by atoms with van der Waals surface area (Å²) in [7, 11) is 3.80. The van der Waals surface area contributed by atoms with Gasteiger partial charge in [-0.25, -0.2) is 4.79 Å². The third-order valence-electron chi connectivity index (χ3n) is 12.6. The SMILES string of the molecule is CCC(=O)O[C@H]1[C@H](O[C@@H]2[C@@H](C)[C@H](O)[C@@H](C)C(=O)O[C@H](CC)[C@@]3(C)OC(=O)N[C@@H]3[C@@H](C)C(=O)[C@H](C)C[C@]2(C)OC/C=C/c2cnc3ccccc3c2)O[C@H](C)C[C@@H]1N(C)C. The molecule has 1 aromatic heterocycles. The highest BCUT2D eigenvalue weighted by Gasteiger charge is 2.57. The zero-order valence-corrected chi connectivity index (χ0v) is 36.5. The molecule has 14 atom stereocenters. The number of carbonyl (C=O) groups is 4. The molecule has 2 N–H and O–H groups in total. The Morgan fingerprint density at radius 1 is 1.07 bits per heavy atom. The molecular formula is C45H65N3O11. The number of pyridine rings is 1. The first-order chi connectivity index (χ1) is 27.8. The molecule has 0 unspecified atom stereocenters. The van der Waals surface area contributed by atoms with Crippen LogP contribution in [-0.2, 0) is 42.8 Å². The molecule has 0 bridgehead atoms. The average molecular weight is 824 g/mol. The molecule has 5 rings (SSSR count). The van der Waals surface area contributed by atoms with Crippen molar-refractivity contribution in [2.24, 2.45) is 23.7 Å². The van der Waals surface area contributed by atoms with Gasteiger partial charge < -0.3 is 43.7 Å². The van der Waals surface area contributed by atoms with E-state index in [1.165, 1.54) is 0 Å². The Bertz CT molecular complexity index is 1840. The number of ether oxygens (including phenoxy) is 6. The molecular weight excluding hydrogens is 759 g/mol. The number of cyclic esters (lactones) is 1. The number of carbonyl (C=O) groups excluding carboxylic acids is 4. The van der Waals surface area contributed by atoms with Crippen molar-refractivity contribution >= 4 is 40.8 Å². The maximum atomic E-state index is 14.6. The van der Waals surface area contributed by atoms with Crippen molar-refractivity contribution in [1.82, 2.24) is 15.2 Å². The minimum Gasteiger partial charge on any atom is -0.458 e. The fraction of sp³-hybridized carbons (Fsp3) is 0.667. The minimum absolute atomic E-state index is 0.0688. The number of aromatic nitrogens is 1. The number of para-hydroxylation sites is 1. The molecule has 4 heterocycles. The van der Waals surface area contributed by atoms with E-state index >= 15 is 0 Å². The first-order valence-electron chi connectivity index (χ1n) is 21.1. The van der Waals surface area contributed by atoms with E-state index in [1.807, 2.05) is 82.3 Å². The molecule has 0 aliphatic carbocycles. The van der Waals surface area contributed by atoms with Crippen molar-refractivity contribution in [1.29, 1.82) is 0 Å². The van der Waals surface area contributed by atoms with E-state index < -0.39 is 89.7 Å². The van der Waals surface area contributed by atoms with Gasteiger partial charge in [0.15, 0.2) is 18.0 Å². The van der Waals surface area contributed by atoms with Gasteiger partial charge in [0.05, 0.1) is 54.0 Å². The summed E-state index contributed by atoms with van der Waals surface area (Å²) >= 11 is 0. The Balaban J connectivity index is 1.59. The van der Waals surface area contributed by atoms with Gasteiger partial charge in [0, 0.05) is 35.8 Å². The predicted molar refractivity (Wildman–Crippen MR) is 221 cm³/mol. The molecule has 0 spiro atoms. The Morgan fingerprint density at radius 3 is 2.46 bits per heavy atom. The quantitative estimate of drug-likeness (QED) is 0.216. The molecule has 326 valence electrons. The summed E-state index contributed by atoms with van der Waals surface area (Å²) < 4.78 is 38.2. The van der Waals surface area contributed by atoms with Crippen LogP contribution < -0.4 is 5.32 Å². The summed E-state index contributed by atoms with van der Waals surface area (Å²) in [6, 6.07) is 8.76. The van der Waals surface area contributed by atoms with Gasteiger partial charge in [-0.1, -0.05) is 65.0 Å². The highest BCUT2D eigenvalue weighted by atomic mass is 16.7. The van der Waals surface area contributed by atoms with Gasteiger partial charge in [0.1, 0.15) is 11.9 Å². The van der Waals surface area contributed by atoms with Crippen molar-refractivity contribution in [2.45, 2.75) is 148 Å². The van der Waals surface area contributed by atoms with Crippen LogP contribution in [0.15, 0.2) is 42.6 Å². The highest BCUT2D eigenvalue weighted by molar-refractivity contribution is 5.85. The lowest BCUT2D eigenvalue weighted by Gasteiger charge is -2.49. The van der Waals surface area contributed by atoms with Gasteiger partial charge in [-0.2, -0.15) is 0 Å². The number of amides is 1. The summed E-state index contributed by atoms with van der Waals surface area (Å²) in [6.45, 7) is 15.9. The smallest absolute Gasteiger partial charge is 0.408 e. The van der Waals surface area contributed by atoms with E-state index in [0.29, 0.717) is 6.42 Å². The van der Waals surface area contributed by atoms with Crippen molar-refractivity contribution in [3.63, 3.8) is 0 Å². The lowest BCUT2D eigenvalue weighted by Crippen LogP contribution is -2.61. The number of nitrogens with zero attached hydrogens (tertiary/aromatic N) is 2. The third kappa shape index (κ3) is 10.2. The number of aliphatic hydroxyl groups is 1. The first-order valence-corrected chi connectivity index (χ1v) is 21.1. The number of alkyl carbamates (subject to hydrolysis) is 1. The van der Waals surface area contributed by atoms with Crippen LogP contribution in [0.25, 0.3) is 17.0 Å². The van der Waals surface area contributed by atoms with Crippen LogP contribution in [0, 0.1) is 23.7 Å². The van der Waals surface area contributed by atoms with E-state index in [1.54, 1.807) is 47.7 Å². The number of esters is 2. The van der Waals surface area contributed by atoms with Gasteiger partial charge >= 0.3 is 18.0 Å². The van der Waals surface area contributed by atoms with Crippen LogP contribution >= 0.6 is 0 Å². The minimum atomic E-state index is -1.37. The van der Waals surface area contributed by atoms with Crippen molar-refractivity contribution in [3.8, 4) is 0 Å². The second-order valence-corrected chi connectivity index (χ2v) is 17.4. The molecule has 0 saturated carbocycles. The number of rotatable bonds is 10. The lowest BCUT2D eigenvalue weighted by atomic mass is 9.73. The number of likely N-dealkylation sites (N-methyl/N-ethyl adjacent to an activating group) is 1. The molecule has 0 radical (unpaired) electrons. The van der Waals surface area contributed by atoms with E-state index in [9.17, 15) is 24.3 Å². The molecule has 3 saturated heterocycles. The zero-order valence-electron chi connectivity index (χ0n) is 36.5. The Hall–Kier alpha value is -3.95. The van der Waals surface area contributed by atoms with Gasteiger partial charge in [0.2, 0.25) is 0 Å². The number of ketones is 1. The fourth-order valence-corrected chi connectivity index (χ4v) is 9.23. The number of hydrogen-bond donors (Lipinski definition) is 2. The van der Waals surface area contributed by atoms with Crippen molar-refractivity contribution in [2.75, 3.05) is 20.7 Å². The summed E-state index contributed by atoms with van der Waals surface area (Å²) in [6.07, 6.45) is 0.330. The normalized spacial score (nSPS) is 37.4. The molecule has 3 fully saturated rings. The number of Topliss-reactive ketones (excluding diaryl/α,β-unsaturated/α-hetero) is 1. The number of fused-ring (bicyclic) bond motifs is 2. The van der Waals surface area contributed by atoms with Crippen LogP contribution in [0.4, 0.5) is 4.79 Å². The average Bonchev–Trinajstić information content (AvgIpc) is 3.52. The Labute approximate surface area is 348 Å². The van der Waals surface area contributed by atoms with Crippen LogP contribution in [0.3, 0.4) is 0 Å². The largest absolute Gasteiger partial charge is 0.458 e. The van der Waals surface area contributed by atoms with E-state index in [2.05, 4.69) is 10.3 Å². The second-order valence-electron chi connectivity index (χ2n) is 17.4. The number of nitrogens with one attached hydrogen (secondary N) is 1. The van der Waals surface area contributed by atoms with Gasteiger partial charge in [-0.15, -0.1) is 0 Å². The molecule has 3 aliphatic heterocycles. The molecule has 59 heavy (non-hydrogen) atoms. The number of aliphatic hydroxyl groups excluding tert-OH is 1. The zero-order chi connectivity index (χ0) is 43.4. The standard InChI is InChI=1S/C45H65N3O11/c1-12-34-45(9)39(47-43(53)59-45)27(5)36(50)25(3)23-44(8,54-20-16-17-30-22-31-18-14-15-19-32(31)46-24-30)40(28(6)37(51)29(7)41(52)56-34)58-42-38(57-35(49)13-2)33(48(10)11)21-26(4)55-42/h14-19,22,24-29,33-34,37-40,42,51H,12-13,20-21,23H2,1-11H3,(H,47,53)/b17-16+/t25-,26-,27+,28+,29-,33+,34-,37+,38-,39-,40-,42+,44+,45-/m1/s1. The summed E-state index contributed by atoms with van der Waals surface area (Å²) in [5.74, 6) is -4.65. The molecule has 1 aromatic carbocycles. The van der Waals surface area contributed by atoms with Crippen molar-refractivity contribution < 1.29 is 52.7 Å². The lowest BCUT2D eigenvalue weighted by molar-refractivity contribution is -0.305. The Kier molecular flexibility index (Phi) is 15.0. The molecule has 14 nitrogen and oxygen atoms in total. The second kappa shape index (κ2) is 19.2. The van der Waals surface area contributed by atoms with Gasteiger partial charge in [0.25, 0.3) is 0 Å². The number of benzene rings is 1. The van der Waals surface area contributed by atoms with Crippen LogP contribution in [0.1, 0.15) is 93.6 Å². The van der Waals surface area contributed by atoms with Crippen LogP contribution in [0.5, 0.6) is 0 Å². The molecule has 2 aromatic rings. The molecule has 1 amide bonds. The topological polar surface area (TPSA) is 172 Å². The summed E-state index contributed by atoms with van der Waals surface area (Å²) in [4.78, 5) is 60.8. The van der Waals surface area contributed by atoms with Gasteiger partial charge in [-0.3, -0.25) is 19.4 Å². The van der Waals surface area contributed by atoms with E-state index in [-0.39, 0.29) is 43.8 Å². The maximum Gasteiger partial charge on any atom is 0.408 e. The van der Waals surface area contributed by atoms with Crippen molar-refractivity contribution in [3.05, 3.63) is 48.2 Å². The highest BCUT2D eigenvalue weighted by Crippen LogP contribution is 2.41. The van der Waals surface area contributed by atoms with Crippen LogP contribution in [-0.4, -0.2) is 120 Å². The molecule has 14 heteroatoms.